The first-order valence-corrected chi connectivity index (χ1v) is 8.43. The Morgan fingerprint density at radius 2 is 2.04 bits per heavy atom. The van der Waals surface area contributed by atoms with E-state index in [0.717, 1.165) is 0 Å². The van der Waals surface area contributed by atoms with Crippen LogP contribution >= 0.6 is 0 Å². The summed E-state index contributed by atoms with van der Waals surface area (Å²) in [5.41, 5.74) is 7.10. The predicted molar refractivity (Wildman–Crippen MR) is 97.8 cm³/mol. The molecule has 2 atom stereocenters. The van der Waals surface area contributed by atoms with E-state index >= 15 is 0 Å². The highest BCUT2D eigenvalue weighted by Crippen LogP contribution is 2.36. The molecule has 0 bridgehead atoms. The number of ketones is 1. The van der Waals surface area contributed by atoms with Crippen molar-refractivity contribution in [2.24, 2.45) is 5.41 Å². The second-order valence-electron chi connectivity index (χ2n) is 7.24. The van der Waals surface area contributed by atoms with E-state index in [1.807, 2.05) is 19.9 Å². The number of carbonyl (C=O) groups excluding carboxylic acids is 2. The van der Waals surface area contributed by atoms with Crippen LogP contribution in [0.3, 0.4) is 0 Å². The number of methoxy groups -OCH3 is 1. The third-order valence-electron chi connectivity index (χ3n) is 4.81. The molecule has 0 amide bonds. The molecular weight excluding hydrogens is 334 g/mol. The molecule has 26 heavy (non-hydrogen) atoms. The monoisotopic (exact) mass is 357 g/mol. The molecule has 138 valence electrons. The summed E-state index contributed by atoms with van der Waals surface area (Å²) >= 11 is 0. The molecule has 2 N–H and O–H groups in total. The number of fused-ring (bicyclic) bond motifs is 1. The molecule has 1 aromatic heterocycles. The minimum Gasteiger partial charge on any atom is -0.442 e. The Morgan fingerprint density at radius 1 is 1.35 bits per heavy atom. The molecule has 0 saturated heterocycles. The van der Waals surface area contributed by atoms with Gasteiger partial charge in [-0.1, -0.05) is 26.0 Å². The second kappa shape index (κ2) is 6.57. The number of para-hydroxylation sites is 2. The van der Waals surface area contributed by atoms with E-state index in [4.69, 9.17) is 15.2 Å². The minimum atomic E-state index is -0.651. The van der Waals surface area contributed by atoms with Gasteiger partial charge < -0.3 is 15.2 Å². The van der Waals surface area contributed by atoms with Crippen molar-refractivity contribution in [3.05, 3.63) is 35.9 Å². The number of rotatable bonds is 2. The zero-order chi connectivity index (χ0) is 19.1. The van der Waals surface area contributed by atoms with Crippen LogP contribution < -0.4 is 5.73 Å². The fourth-order valence-electron chi connectivity index (χ4n) is 3.34. The molecule has 1 heterocycles. The number of nitrogen functional groups attached to an aromatic ring is 1. The van der Waals surface area contributed by atoms with Crippen LogP contribution in [0.4, 0.5) is 10.7 Å². The lowest BCUT2D eigenvalue weighted by molar-refractivity contribution is -0.120. The van der Waals surface area contributed by atoms with Gasteiger partial charge in [0.05, 0.1) is 11.0 Å². The first-order valence-electron chi connectivity index (χ1n) is 8.43. The average molecular weight is 357 g/mol. The SMILES string of the molecule is COC1C=C(C)C(=O)CC(C)(C)C1OC(=O)n1c(N)nc2ccccc21. The molecule has 0 fully saturated rings. The Morgan fingerprint density at radius 3 is 2.73 bits per heavy atom. The standard InChI is InChI=1S/C19H23N3O4/c1-11-9-15(25-4)16(19(2,3)10-14(11)23)26-18(24)22-13-8-6-5-7-12(13)21-17(22)20/h5-9,15-16H,10H2,1-4H3,(H2,20,21). The van der Waals surface area contributed by atoms with Crippen molar-refractivity contribution >= 4 is 28.9 Å². The van der Waals surface area contributed by atoms with Crippen LogP contribution in [0.15, 0.2) is 35.9 Å². The number of imidazole rings is 1. The average Bonchev–Trinajstić information content (AvgIpc) is 2.88. The van der Waals surface area contributed by atoms with Gasteiger partial charge in [-0.3, -0.25) is 4.79 Å². The van der Waals surface area contributed by atoms with Gasteiger partial charge in [0.15, 0.2) is 5.78 Å². The lowest BCUT2D eigenvalue weighted by Gasteiger charge is -2.35. The fraction of sp³-hybridized carbons (Fsp3) is 0.421. The van der Waals surface area contributed by atoms with E-state index in [9.17, 15) is 9.59 Å². The number of hydrogen-bond acceptors (Lipinski definition) is 6. The molecule has 2 unspecified atom stereocenters. The van der Waals surface area contributed by atoms with Gasteiger partial charge in [-0.2, -0.15) is 0 Å². The molecule has 0 spiro atoms. The van der Waals surface area contributed by atoms with Crippen LogP contribution in [0.5, 0.6) is 0 Å². The maximum absolute atomic E-state index is 12.9. The summed E-state index contributed by atoms with van der Waals surface area (Å²) in [6, 6.07) is 7.14. The quantitative estimate of drug-likeness (QED) is 0.888. The molecule has 0 radical (unpaired) electrons. The zero-order valence-corrected chi connectivity index (χ0v) is 15.4. The van der Waals surface area contributed by atoms with Gasteiger partial charge in [-0.05, 0) is 30.7 Å². The second-order valence-corrected chi connectivity index (χ2v) is 7.24. The summed E-state index contributed by atoms with van der Waals surface area (Å²) in [7, 11) is 1.53. The number of nitrogens with zero attached hydrogens (tertiary/aromatic N) is 2. The number of hydrogen-bond donors (Lipinski definition) is 1. The third-order valence-corrected chi connectivity index (χ3v) is 4.81. The zero-order valence-electron chi connectivity index (χ0n) is 15.4. The van der Waals surface area contributed by atoms with Crippen molar-refractivity contribution in [1.82, 2.24) is 9.55 Å². The number of benzene rings is 1. The lowest BCUT2D eigenvalue weighted by Crippen LogP contribution is -2.43. The molecule has 0 saturated carbocycles. The summed E-state index contributed by atoms with van der Waals surface area (Å²) in [4.78, 5) is 29.4. The highest BCUT2D eigenvalue weighted by molar-refractivity contribution is 5.96. The molecule has 7 nitrogen and oxygen atoms in total. The number of Topliss-reactive ketones (excluding diaryl/α,β-unsaturated/α-hetero) is 1. The summed E-state index contributed by atoms with van der Waals surface area (Å²) in [5, 5.41) is 0. The number of nitrogens with two attached hydrogens (primary N) is 1. The fourth-order valence-corrected chi connectivity index (χ4v) is 3.34. The van der Waals surface area contributed by atoms with Crippen LogP contribution in [0, 0.1) is 5.41 Å². The van der Waals surface area contributed by atoms with Gasteiger partial charge in [0.2, 0.25) is 5.95 Å². The molecule has 2 aromatic rings. The molecule has 0 aliphatic heterocycles. The Labute approximate surface area is 151 Å². The maximum Gasteiger partial charge on any atom is 0.421 e. The van der Waals surface area contributed by atoms with Crippen LogP contribution in [-0.2, 0) is 14.3 Å². The van der Waals surface area contributed by atoms with E-state index < -0.39 is 23.7 Å². The Hall–Kier alpha value is -2.67. The number of anilines is 1. The maximum atomic E-state index is 12.9. The van der Waals surface area contributed by atoms with Gasteiger partial charge >= 0.3 is 6.09 Å². The topological polar surface area (TPSA) is 96.4 Å². The summed E-state index contributed by atoms with van der Waals surface area (Å²) in [6.45, 7) is 5.52. The highest BCUT2D eigenvalue weighted by atomic mass is 16.6. The lowest BCUT2D eigenvalue weighted by atomic mass is 9.80. The third kappa shape index (κ3) is 3.10. The van der Waals surface area contributed by atoms with Crippen molar-refractivity contribution in [2.45, 2.75) is 39.4 Å². The largest absolute Gasteiger partial charge is 0.442 e. The predicted octanol–water partition coefficient (Wildman–Crippen LogP) is 2.93. The molecule has 1 aliphatic carbocycles. The van der Waals surface area contributed by atoms with Crippen molar-refractivity contribution < 1.29 is 19.1 Å². The van der Waals surface area contributed by atoms with E-state index in [-0.39, 0.29) is 18.2 Å². The van der Waals surface area contributed by atoms with Gasteiger partial charge in [0.1, 0.15) is 12.2 Å². The summed E-state index contributed by atoms with van der Waals surface area (Å²) in [6.07, 6.45) is 0.146. The number of allylic oxidation sites excluding steroid dienone is 1. The van der Waals surface area contributed by atoms with Crippen molar-refractivity contribution in [1.29, 1.82) is 0 Å². The smallest absolute Gasteiger partial charge is 0.421 e. The Balaban J connectivity index is 1.98. The summed E-state index contributed by atoms with van der Waals surface area (Å²) in [5.74, 6) is 0.0718. The number of ether oxygens (including phenoxy) is 2. The number of aromatic nitrogens is 2. The Bertz CT molecular complexity index is 897. The number of carbonyl (C=O) groups is 2. The highest BCUT2D eigenvalue weighted by Gasteiger charge is 2.43. The van der Waals surface area contributed by atoms with Gasteiger partial charge in [-0.25, -0.2) is 14.3 Å². The Kier molecular flexibility index (Phi) is 4.58. The van der Waals surface area contributed by atoms with Crippen molar-refractivity contribution in [2.75, 3.05) is 12.8 Å². The van der Waals surface area contributed by atoms with Gasteiger partial charge in [0.25, 0.3) is 0 Å². The van der Waals surface area contributed by atoms with Crippen LogP contribution in [0.25, 0.3) is 11.0 Å². The van der Waals surface area contributed by atoms with Gasteiger partial charge in [-0.15, -0.1) is 0 Å². The molecule has 3 rings (SSSR count). The minimum absolute atomic E-state index is 0.0168. The van der Waals surface area contributed by atoms with Crippen LogP contribution in [-0.4, -0.2) is 40.7 Å². The van der Waals surface area contributed by atoms with Crippen molar-refractivity contribution in [3.8, 4) is 0 Å². The van der Waals surface area contributed by atoms with Gasteiger partial charge in [0, 0.05) is 18.9 Å². The normalized spacial score (nSPS) is 22.8. The molecule has 1 aliphatic rings. The van der Waals surface area contributed by atoms with E-state index in [0.29, 0.717) is 16.6 Å². The van der Waals surface area contributed by atoms with E-state index in [1.54, 1.807) is 31.2 Å². The first kappa shape index (κ1) is 18.1. The summed E-state index contributed by atoms with van der Waals surface area (Å²) < 4.78 is 12.6. The molecule has 7 heteroatoms. The van der Waals surface area contributed by atoms with E-state index in [1.165, 1.54) is 11.7 Å². The molecular formula is C19H23N3O4. The van der Waals surface area contributed by atoms with E-state index in [2.05, 4.69) is 4.98 Å². The van der Waals surface area contributed by atoms with Crippen LogP contribution in [0.1, 0.15) is 27.2 Å². The first-order chi connectivity index (χ1) is 12.2. The molecule has 1 aromatic carbocycles. The van der Waals surface area contributed by atoms with Crippen LogP contribution in [0.2, 0.25) is 0 Å². The van der Waals surface area contributed by atoms with Crippen molar-refractivity contribution in [3.63, 3.8) is 0 Å².